The first-order chi connectivity index (χ1) is 15.4. The normalized spacial score (nSPS) is 11.9. The number of aliphatic hydroxyl groups is 1. The Morgan fingerprint density at radius 1 is 1.12 bits per heavy atom. The predicted octanol–water partition coefficient (Wildman–Crippen LogP) is 4.97. The lowest BCUT2D eigenvalue weighted by molar-refractivity contribution is -0.137. The number of benzene rings is 2. The second kappa shape index (κ2) is 11.1. The summed E-state index contributed by atoms with van der Waals surface area (Å²) in [4.78, 5) is 19.3. The molecule has 0 spiro atoms. The van der Waals surface area contributed by atoms with Crippen LogP contribution in [-0.2, 0) is 24.6 Å². The Balaban J connectivity index is 1.82. The number of thiazole rings is 1. The third-order valence-corrected chi connectivity index (χ3v) is 6.09. The van der Waals surface area contributed by atoms with Crippen LogP contribution in [-0.4, -0.2) is 28.0 Å². The van der Waals surface area contributed by atoms with E-state index in [1.807, 2.05) is 72.7 Å². The van der Waals surface area contributed by atoms with E-state index in [4.69, 9.17) is 9.47 Å². The van der Waals surface area contributed by atoms with Gasteiger partial charge in [0.2, 0.25) is 5.91 Å². The zero-order chi connectivity index (χ0) is 23.1. The van der Waals surface area contributed by atoms with Gasteiger partial charge in [0, 0.05) is 17.8 Å². The second-order valence-corrected chi connectivity index (χ2v) is 8.81. The minimum atomic E-state index is -0.110. The number of carbonyl (C=O) groups excluding carboxylic acids is 1. The van der Waals surface area contributed by atoms with Gasteiger partial charge in [-0.05, 0) is 30.2 Å². The summed E-state index contributed by atoms with van der Waals surface area (Å²) in [7, 11) is 1.60. The molecule has 0 saturated carbocycles. The number of hydrogen-bond acceptors (Lipinski definition) is 6. The number of ether oxygens (including phenoxy) is 2. The summed E-state index contributed by atoms with van der Waals surface area (Å²) in [5, 5.41) is 11.8. The van der Waals surface area contributed by atoms with Crippen molar-refractivity contribution in [3.05, 3.63) is 75.7 Å². The van der Waals surface area contributed by atoms with Crippen molar-refractivity contribution in [1.29, 1.82) is 0 Å². The van der Waals surface area contributed by atoms with Gasteiger partial charge in [-0.15, -0.1) is 11.3 Å². The number of hydrogen-bond donors (Lipinski definition) is 1. The summed E-state index contributed by atoms with van der Waals surface area (Å²) in [5.41, 5.74) is 2.68. The molecule has 0 fully saturated rings. The Bertz CT molecular complexity index is 1020. The number of rotatable bonds is 10. The highest BCUT2D eigenvalue weighted by molar-refractivity contribution is 7.09. The summed E-state index contributed by atoms with van der Waals surface area (Å²) >= 11 is 1.44. The molecule has 1 N–H and O–H groups in total. The van der Waals surface area contributed by atoms with Crippen molar-refractivity contribution in [2.75, 3.05) is 7.11 Å². The largest absolute Gasteiger partial charge is 0.493 e. The number of aromatic nitrogens is 1. The monoisotopic (exact) mass is 454 g/mol. The molecule has 170 valence electrons. The van der Waals surface area contributed by atoms with Crippen LogP contribution in [0.5, 0.6) is 11.5 Å². The standard InChI is InChI=1S/C25H30N2O4S/c1-17(2)25(29)27(18(3)20-8-6-5-7-9-20)13-19-10-11-22(30-4)23(12-19)31-15-24-26-21(14-28)16-32-24/h5-12,16-18,28H,13-15H2,1-4H3. The lowest BCUT2D eigenvalue weighted by Gasteiger charge is -2.31. The summed E-state index contributed by atoms with van der Waals surface area (Å²) in [6, 6.07) is 15.7. The molecular weight excluding hydrogens is 424 g/mol. The Morgan fingerprint density at radius 2 is 1.88 bits per heavy atom. The van der Waals surface area contributed by atoms with Crippen molar-refractivity contribution >= 4 is 17.2 Å². The maximum atomic E-state index is 13.1. The maximum absolute atomic E-state index is 13.1. The Hall–Kier alpha value is -2.90. The first-order valence-electron chi connectivity index (χ1n) is 10.6. The highest BCUT2D eigenvalue weighted by Crippen LogP contribution is 2.31. The van der Waals surface area contributed by atoms with Crippen LogP contribution in [0, 0.1) is 5.92 Å². The Morgan fingerprint density at radius 3 is 2.50 bits per heavy atom. The van der Waals surface area contributed by atoms with Gasteiger partial charge in [-0.25, -0.2) is 4.98 Å². The van der Waals surface area contributed by atoms with Crippen molar-refractivity contribution in [1.82, 2.24) is 9.88 Å². The van der Waals surface area contributed by atoms with Gasteiger partial charge >= 0.3 is 0 Å². The van der Waals surface area contributed by atoms with Gasteiger partial charge < -0.3 is 19.5 Å². The third-order valence-electron chi connectivity index (χ3n) is 5.22. The molecule has 0 aliphatic heterocycles. The van der Waals surface area contributed by atoms with Crippen molar-refractivity contribution in [2.24, 2.45) is 5.92 Å². The molecule has 0 aliphatic rings. The van der Waals surface area contributed by atoms with Crippen molar-refractivity contribution in [3.8, 4) is 11.5 Å². The molecule has 1 unspecified atom stereocenters. The molecule has 0 radical (unpaired) electrons. The topological polar surface area (TPSA) is 71.9 Å². The van der Waals surface area contributed by atoms with E-state index < -0.39 is 0 Å². The molecule has 3 rings (SSSR count). The maximum Gasteiger partial charge on any atom is 0.225 e. The molecule has 6 nitrogen and oxygen atoms in total. The second-order valence-electron chi connectivity index (χ2n) is 7.87. The van der Waals surface area contributed by atoms with Gasteiger partial charge in [0.25, 0.3) is 0 Å². The quantitative estimate of drug-likeness (QED) is 0.468. The average Bonchev–Trinajstić information content (AvgIpc) is 3.29. The van der Waals surface area contributed by atoms with E-state index in [2.05, 4.69) is 11.9 Å². The summed E-state index contributed by atoms with van der Waals surface area (Å²) in [6.45, 7) is 6.54. The van der Waals surface area contributed by atoms with Gasteiger partial charge in [-0.3, -0.25) is 4.79 Å². The molecule has 1 atom stereocenters. The lowest BCUT2D eigenvalue weighted by atomic mass is 10.0. The highest BCUT2D eigenvalue weighted by atomic mass is 32.1. The smallest absolute Gasteiger partial charge is 0.225 e. The van der Waals surface area contributed by atoms with Gasteiger partial charge in [-0.2, -0.15) is 0 Å². The number of methoxy groups -OCH3 is 1. The predicted molar refractivity (Wildman–Crippen MR) is 126 cm³/mol. The summed E-state index contributed by atoms with van der Waals surface area (Å²) in [5.74, 6) is 1.19. The van der Waals surface area contributed by atoms with Crippen LogP contribution in [0.1, 0.15) is 48.6 Å². The number of aliphatic hydroxyl groups excluding tert-OH is 1. The molecule has 0 bridgehead atoms. The van der Waals surface area contributed by atoms with Crippen LogP contribution in [0.3, 0.4) is 0 Å². The minimum absolute atomic E-state index is 0.0650. The first kappa shape index (κ1) is 23.8. The molecule has 1 aromatic heterocycles. The number of nitrogens with zero attached hydrogens (tertiary/aromatic N) is 2. The van der Waals surface area contributed by atoms with Crippen LogP contribution >= 0.6 is 11.3 Å². The van der Waals surface area contributed by atoms with Crippen molar-refractivity contribution in [2.45, 2.75) is 46.6 Å². The van der Waals surface area contributed by atoms with Crippen LogP contribution in [0.25, 0.3) is 0 Å². The minimum Gasteiger partial charge on any atom is -0.493 e. The Labute approximate surface area is 193 Å². The molecule has 0 aliphatic carbocycles. The van der Waals surface area contributed by atoms with Crippen LogP contribution in [0.2, 0.25) is 0 Å². The molecular formula is C25H30N2O4S. The SMILES string of the molecule is COc1ccc(CN(C(=O)C(C)C)C(C)c2ccccc2)cc1OCc1nc(CO)cs1. The zero-order valence-electron chi connectivity index (χ0n) is 18.9. The highest BCUT2D eigenvalue weighted by Gasteiger charge is 2.24. The van der Waals surface area contributed by atoms with Gasteiger partial charge in [0.05, 0.1) is 25.5 Å². The van der Waals surface area contributed by atoms with Gasteiger partial charge in [0.1, 0.15) is 11.6 Å². The molecule has 1 heterocycles. The molecule has 7 heteroatoms. The van der Waals surface area contributed by atoms with Gasteiger partial charge in [-0.1, -0.05) is 50.2 Å². The van der Waals surface area contributed by atoms with E-state index in [9.17, 15) is 9.90 Å². The Kier molecular flexibility index (Phi) is 8.25. The summed E-state index contributed by atoms with van der Waals surface area (Å²) in [6.07, 6.45) is 0. The van der Waals surface area contributed by atoms with E-state index >= 15 is 0 Å². The lowest BCUT2D eigenvalue weighted by Crippen LogP contribution is -2.36. The van der Waals surface area contributed by atoms with E-state index in [0.717, 1.165) is 16.1 Å². The molecule has 2 aromatic carbocycles. The number of amides is 1. The van der Waals surface area contributed by atoms with Crippen LogP contribution < -0.4 is 9.47 Å². The zero-order valence-corrected chi connectivity index (χ0v) is 19.8. The average molecular weight is 455 g/mol. The first-order valence-corrected chi connectivity index (χ1v) is 11.5. The summed E-state index contributed by atoms with van der Waals surface area (Å²) < 4.78 is 11.4. The van der Waals surface area contributed by atoms with E-state index in [1.165, 1.54) is 11.3 Å². The third kappa shape index (κ3) is 5.87. The van der Waals surface area contributed by atoms with E-state index in [-0.39, 0.29) is 31.1 Å². The fourth-order valence-corrected chi connectivity index (χ4v) is 4.10. The fourth-order valence-electron chi connectivity index (χ4n) is 3.41. The van der Waals surface area contributed by atoms with E-state index in [1.54, 1.807) is 7.11 Å². The van der Waals surface area contributed by atoms with Crippen molar-refractivity contribution < 1.29 is 19.4 Å². The number of carbonyl (C=O) groups is 1. The van der Waals surface area contributed by atoms with Crippen LogP contribution in [0.15, 0.2) is 53.9 Å². The molecule has 32 heavy (non-hydrogen) atoms. The van der Waals surface area contributed by atoms with Crippen molar-refractivity contribution in [3.63, 3.8) is 0 Å². The van der Waals surface area contributed by atoms with E-state index in [0.29, 0.717) is 23.7 Å². The molecule has 0 saturated heterocycles. The molecule has 3 aromatic rings. The van der Waals surface area contributed by atoms with Gasteiger partial charge in [0.15, 0.2) is 11.5 Å². The van der Waals surface area contributed by atoms with Crippen LogP contribution in [0.4, 0.5) is 0 Å². The fraction of sp³-hybridized carbons (Fsp3) is 0.360. The molecule has 1 amide bonds.